The molecule has 0 atom stereocenters. The van der Waals surface area contributed by atoms with Gasteiger partial charge in [-0.2, -0.15) is 0 Å². The van der Waals surface area contributed by atoms with Gasteiger partial charge in [0.15, 0.2) is 5.41 Å². The van der Waals surface area contributed by atoms with Crippen molar-refractivity contribution >= 4 is 14.7 Å². The summed E-state index contributed by atoms with van der Waals surface area (Å²) >= 11 is 0. The van der Waals surface area contributed by atoms with Crippen LogP contribution in [0.2, 0.25) is 0 Å². The van der Waals surface area contributed by atoms with Gasteiger partial charge in [0.25, 0.3) is 0 Å². The SMILES string of the molecule is C=C(C)C(=O)[SiH](OC)OC. The van der Waals surface area contributed by atoms with Gasteiger partial charge in [-0.15, -0.1) is 0 Å². The molecule has 0 fully saturated rings. The molecule has 0 aliphatic rings. The van der Waals surface area contributed by atoms with Crippen LogP contribution < -0.4 is 0 Å². The number of hydrogen-bond donors (Lipinski definition) is 0. The van der Waals surface area contributed by atoms with E-state index in [0.717, 1.165) is 0 Å². The topological polar surface area (TPSA) is 35.5 Å². The highest BCUT2D eigenvalue weighted by Crippen LogP contribution is 1.96. The van der Waals surface area contributed by atoms with Crippen molar-refractivity contribution < 1.29 is 13.6 Å². The highest BCUT2D eigenvalue weighted by Gasteiger charge is 2.20. The zero-order valence-corrected chi connectivity index (χ0v) is 7.66. The van der Waals surface area contributed by atoms with Crippen molar-refractivity contribution in [2.75, 3.05) is 14.2 Å². The highest BCUT2D eigenvalue weighted by atomic mass is 28.3. The third-order valence-corrected chi connectivity index (χ3v) is 2.84. The third kappa shape index (κ3) is 2.43. The van der Waals surface area contributed by atoms with E-state index in [0.29, 0.717) is 5.57 Å². The maximum atomic E-state index is 11.0. The molecule has 0 aromatic carbocycles. The number of allylic oxidation sites excluding steroid dienone is 1. The molecule has 0 saturated heterocycles. The highest BCUT2D eigenvalue weighted by molar-refractivity contribution is 6.83. The number of hydrogen-bond acceptors (Lipinski definition) is 3. The predicted octanol–water partition coefficient (Wildman–Crippen LogP) is 0.184. The van der Waals surface area contributed by atoms with Crippen molar-refractivity contribution in [3.63, 3.8) is 0 Å². The maximum Gasteiger partial charge on any atom is 0.398 e. The molecule has 0 unspecified atom stereocenters. The Kier molecular flexibility index (Phi) is 4.18. The van der Waals surface area contributed by atoms with Crippen LogP contribution in [0.1, 0.15) is 6.92 Å². The third-order valence-electron chi connectivity index (χ3n) is 1.06. The Morgan fingerprint density at radius 1 is 1.40 bits per heavy atom. The van der Waals surface area contributed by atoms with Gasteiger partial charge in [0.2, 0.25) is 0 Å². The zero-order valence-electron chi connectivity index (χ0n) is 6.51. The van der Waals surface area contributed by atoms with Crippen LogP contribution in [0.25, 0.3) is 0 Å². The normalized spacial score (nSPS) is 10.0. The van der Waals surface area contributed by atoms with E-state index in [4.69, 9.17) is 8.85 Å². The minimum absolute atomic E-state index is 0.0787. The van der Waals surface area contributed by atoms with E-state index in [1.165, 1.54) is 14.2 Å². The minimum Gasteiger partial charge on any atom is -0.395 e. The smallest absolute Gasteiger partial charge is 0.395 e. The summed E-state index contributed by atoms with van der Waals surface area (Å²) in [5.41, 5.74) is 0.500. The molecular weight excluding hydrogens is 148 g/mol. The molecule has 0 bridgehead atoms. The van der Waals surface area contributed by atoms with Crippen LogP contribution in [0, 0.1) is 0 Å². The molecule has 0 saturated carbocycles. The molecule has 3 nitrogen and oxygen atoms in total. The van der Waals surface area contributed by atoms with E-state index >= 15 is 0 Å². The summed E-state index contributed by atoms with van der Waals surface area (Å²) in [5.74, 6) is 0. The fourth-order valence-corrected chi connectivity index (χ4v) is 1.53. The molecule has 0 aromatic heterocycles. The first kappa shape index (κ1) is 9.55. The Labute approximate surface area is 62.5 Å². The lowest BCUT2D eigenvalue weighted by Crippen LogP contribution is -2.31. The molecule has 0 N–H and O–H groups in total. The van der Waals surface area contributed by atoms with Crippen LogP contribution in [-0.4, -0.2) is 28.9 Å². The molecule has 4 heteroatoms. The molecule has 0 aliphatic carbocycles. The van der Waals surface area contributed by atoms with E-state index in [1.807, 2.05) is 0 Å². The van der Waals surface area contributed by atoms with E-state index in [-0.39, 0.29) is 5.41 Å². The lowest BCUT2D eigenvalue weighted by Gasteiger charge is -2.07. The number of carbonyl (C=O) groups excluding carboxylic acids is 1. The standard InChI is InChI=1S/C6H12O3Si/c1-5(2)6(7)10(8-3)9-4/h10H,1H2,2-4H3. The van der Waals surface area contributed by atoms with Crippen molar-refractivity contribution in [1.82, 2.24) is 0 Å². The fraction of sp³-hybridized carbons (Fsp3) is 0.500. The summed E-state index contributed by atoms with van der Waals surface area (Å²) < 4.78 is 9.66. The summed E-state index contributed by atoms with van der Waals surface area (Å²) in [6.45, 7) is 5.15. The first-order valence-electron chi connectivity index (χ1n) is 2.88. The summed E-state index contributed by atoms with van der Waals surface area (Å²) in [6, 6.07) is 0. The van der Waals surface area contributed by atoms with E-state index < -0.39 is 9.28 Å². The van der Waals surface area contributed by atoms with Crippen LogP contribution in [0.5, 0.6) is 0 Å². The van der Waals surface area contributed by atoms with E-state index in [1.54, 1.807) is 6.92 Å². The molecule has 58 valence electrons. The second-order valence-corrected chi connectivity index (χ2v) is 4.08. The lowest BCUT2D eigenvalue weighted by molar-refractivity contribution is -0.111. The van der Waals surface area contributed by atoms with E-state index in [2.05, 4.69) is 6.58 Å². The molecule has 0 aromatic rings. The molecule has 0 heterocycles. The van der Waals surface area contributed by atoms with Crippen LogP contribution in [0.3, 0.4) is 0 Å². The van der Waals surface area contributed by atoms with Crippen molar-refractivity contribution in [2.45, 2.75) is 6.92 Å². The van der Waals surface area contributed by atoms with Crippen molar-refractivity contribution in [2.24, 2.45) is 0 Å². The van der Waals surface area contributed by atoms with Crippen LogP contribution >= 0.6 is 0 Å². The van der Waals surface area contributed by atoms with Gasteiger partial charge in [-0.1, -0.05) is 6.58 Å². The second kappa shape index (κ2) is 4.38. The summed E-state index contributed by atoms with van der Waals surface area (Å²) in [5, 5.41) is -0.0787. The number of carbonyl (C=O) groups is 1. The van der Waals surface area contributed by atoms with E-state index in [9.17, 15) is 4.79 Å². The van der Waals surface area contributed by atoms with Gasteiger partial charge in [-0.05, 0) is 12.5 Å². The van der Waals surface area contributed by atoms with Crippen molar-refractivity contribution in [3.8, 4) is 0 Å². The van der Waals surface area contributed by atoms with Crippen molar-refractivity contribution in [1.29, 1.82) is 0 Å². The molecular formula is C6H12O3Si. The Morgan fingerprint density at radius 2 is 1.80 bits per heavy atom. The van der Waals surface area contributed by atoms with Gasteiger partial charge in [-0.3, -0.25) is 4.79 Å². The molecule has 0 amide bonds. The Bertz CT molecular complexity index is 140. The largest absolute Gasteiger partial charge is 0.398 e. The maximum absolute atomic E-state index is 11.0. The van der Waals surface area contributed by atoms with Crippen LogP contribution in [-0.2, 0) is 13.6 Å². The first-order valence-corrected chi connectivity index (χ1v) is 4.40. The Hall–Kier alpha value is -0.453. The summed E-state index contributed by atoms with van der Waals surface area (Å²) in [7, 11) is 0.864. The van der Waals surface area contributed by atoms with Gasteiger partial charge < -0.3 is 8.85 Å². The molecule has 0 aliphatic heterocycles. The Balaban J connectivity index is 4.02. The second-order valence-electron chi connectivity index (χ2n) is 1.95. The van der Waals surface area contributed by atoms with Gasteiger partial charge in [-0.25, -0.2) is 0 Å². The fourth-order valence-electron chi connectivity index (χ4n) is 0.511. The average molecular weight is 160 g/mol. The molecule has 0 spiro atoms. The quantitative estimate of drug-likeness (QED) is 0.435. The average Bonchev–Trinajstić information content (AvgIpc) is 1.90. The molecule has 0 rings (SSSR count). The Morgan fingerprint density at radius 3 is 1.90 bits per heavy atom. The summed E-state index contributed by atoms with van der Waals surface area (Å²) in [6.07, 6.45) is 0. The monoisotopic (exact) mass is 160 g/mol. The van der Waals surface area contributed by atoms with Crippen LogP contribution in [0.4, 0.5) is 0 Å². The first-order chi connectivity index (χ1) is 4.63. The molecule has 0 radical (unpaired) electrons. The van der Waals surface area contributed by atoms with Gasteiger partial charge >= 0.3 is 9.28 Å². The van der Waals surface area contributed by atoms with Gasteiger partial charge in [0, 0.05) is 14.2 Å². The molecule has 10 heavy (non-hydrogen) atoms. The minimum atomic E-state index is -2.08. The van der Waals surface area contributed by atoms with Crippen molar-refractivity contribution in [3.05, 3.63) is 12.2 Å². The lowest BCUT2D eigenvalue weighted by atomic mass is 10.4. The number of rotatable bonds is 4. The van der Waals surface area contributed by atoms with Crippen LogP contribution in [0.15, 0.2) is 12.2 Å². The zero-order chi connectivity index (χ0) is 8.15. The van der Waals surface area contributed by atoms with Gasteiger partial charge in [0.1, 0.15) is 0 Å². The van der Waals surface area contributed by atoms with Gasteiger partial charge in [0.05, 0.1) is 0 Å². The summed E-state index contributed by atoms with van der Waals surface area (Å²) in [4.78, 5) is 11.0. The predicted molar refractivity (Wildman–Crippen MR) is 41.0 cm³/mol.